The Morgan fingerprint density at radius 2 is 0.609 bits per heavy atom. The van der Waals surface area contributed by atoms with Crippen LogP contribution in [0.5, 0.6) is 0 Å². The highest BCUT2D eigenvalue weighted by atomic mass is 32.1. The summed E-state index contributed by atoms with van der Waals surface area (Å²) in [5.74, 6) is -1.20. The Morgan fingerprint density at radius 1 is 0.359 bits per heavy atom. The van der Waals surface area contributed by atoms with Crippen LogP contribution in [-0.2, 0) is 85.8 Å². The number of ketones is 2. The third-order valence-corrected chi connectivity index (χ3v) is 7.32. The third kappa shape index (κ3) is 55.3. The first-order chi connectivity index (χ1) is 30.6. The zero-order chi connectivity index (χ0) is 49.2. The smallest absolute Gasteiger partial charge is 0.331 e. The summed E-state index contributed by atoms with van der Waals surface area (Å²) >= 11 is 30.6. The van der Waals surface area contributed by atoms with Gasteiger partial charge in [-0.05, 0) is 25.0 Å². The van der Waals surface area contributed by atoms with Gasteiger partial charge in [-0.3, -0.25) is 38.4 Å². The standard InChI is InChI=1S/C10H18O4S2.C8H14O4S2.C8H12O4S2.C6H10O4S2.C6H4O2/c11-9(13-5-7-15)3-1-2-4-10(12)14-6-8-16;2*9-7(11-3-5-13)1-2-8(10)12-4-6-14;7-5(3-11)9-1-2-10-6(8)4-12;7-5-3-1-2-4-6(5)8/h15-16H,1-8H2;13-14H,1-6H2;1-2,13-14H,3-6H2;11-12H,1-4H2;1-4H/b;;2-1-;;. The van der Waals surface area contributed by atoms with Crippen molar-refractivity contribution in [2.24, 2.45) is 0 Å². The number of hydrogen-bond donors (Lipinski definition) is 8. The highest BCUT2D eigenvalue weighted by molar-refractivity contribution is 7.81. The van der Waals surface area contributed by atoms with Crippen LogP contribution in [0.2, 0.25) is 0 Å². The summed E-state index contributed by atoms with van der Waals surface area (Å²) in [6.07, 6.45) is 9.70. The topological polar surface area (TPSA) is 245 Å². The second-order valence-corrected chi connectivity index (χ2v) is 14.1. The van der Waals surface area contributed by atoms with E-state index in [1.807, 2.05) is 0 Å². The molecule has 0 amide bonds. The molecule has 18 nitrogen and oxygen atoms in total. The molecule has 0 aromatic rings. The molecule has 26 heteroatoms. The van der Waals surface area contributed by atoms with Gasteiger partial charge in [0.2, 0.25) is 11.6 Å². The van der Waals surface area contributed by atoms with E-state index in [9.17, 15) is 47.9 Å². The van der Waals surface area contributed by atoms with Gasteiger partial charge in [-0.25, -0.2) is 9.59 Å². The minimum absolute atomic E-state index is 0.0283. The van der Waals surface area contributed by atoms with Gasteiger partial charge < -0.3 is 37.9 Å². The van der Waals surface area contributed by atoms with Gasteiger partial charge in [0.1, 0.15) is 52.9 Å². The zero-order valence-electron chi connectivity index (χ0n) is 34.9. The molecule has 0 spiro atoms. The van der Waals surface area contributed by atoms with E-state index >= 15 is 0 Å². The lowest BCUT2D eigenvalue weighted by molar-refractivity contribution is -0.149. The lowest BCUT2D eigenvalue weighted by Crippen LogP contribution is -2.14. The van der Waals surface area contributed by atoms with Gasteiger partial charge in [0.05, 0.1) is 24.3 Å². The van der Waals surface area contributed by atoms with Gasteiger partial charge in [0.15, 0.2) is 0 Å². The monoisotopic (exact) mass is 1060 g/mol. The molecule has 0 aromatic heterocycles. The molecule has 366 valence electrons. The van der Waals surface area contributed by atoms with Crippen LogP contribution in [0.1, 0.15) is 38.5 Å². The lowest BCUT2D eigenvalue weighted by atomic mass is 10.1. The van der Waals surface area contributed by atoms with Crippen molar-refractivity contribution in [3.8, 4) is 0 Å². The summed E-state index contributed by atoms with van der Waals surface area (Å²) in [5.41, 5.74) is 0. The first-order valence-electron chi connectivity index (χ1n) is 18.9. The fourth-order valence-corrected chi connectivity index (χ4v) is 3.78. The number of ether oxygens (including phenoxy) is 8. The van der Waals surface area contributed by atoms with Gasteiger partial charge in [0, 0.05) is 59.5 Å². The van der Waals surface area contributed by atoms with Crippen LogP contribution in [-0.4, -0.2) is 158 Å². The van der Waals surface area contributed by atoms with Crippen LogP contribution in [0.3, 0.4) is 0 Å². The molecule has 0 aromatic carbocycles. The number of unbranched alkanes of at least 4 members (excludes halogenated alkanes) is 1. The fraction of sp³-hybridized carbons (Fsp3) is 0.579. The number of rotatable bonds is 27. The van der Waals surface area contributed by atoms with E-state index in [1.54, 1.807) is 12.2 Å². The van der Waals surface area contributed by atoms with Gasteiger partial charge >= 0.3 is 47.8 Å². The Bertz CT molecular complexity index is 1340. The van der Waals surface area contributed by atoms with Crippen molar-refractivity contribution in [1.82, 2.24) is 0 Å². The first kappa shape index (κ1) is 67.7. The predicted octanol–water partition coefficient (Wildman–Crippen LogP) is 2.88. The molecular formula is C38H58O18S8. The van der Waals surface area contributed by atoms with Crippen molar-refractivity contribution in [1.29, 1.82) is 0 Å². The Hall–Kier alpha value is -2.88. The number of carbonyl (C=O) groups is 10. The molecule has 0 bridgehead atoms. The molecule has 1 aliphatic carbocycles. The van der Waals surface area contributed by atoms with Crippen LogP contribution >= 0.6 is 101 Å². The van der Waals surface area contributed by atoms with Crippen molar-refractivity contribution in [2.75, 3.05) is 98.9 Å². The Morgan fingerprint density at radius 3 is 0.859 bits per heavy atom. The average molecular weight is 1060 g/mol. The summed E-state index contributed by atoms with van der Waals surface area (Å²) in [7, 11) is 0. The number of allylic oxidation sites excluding steroid dienone is 4. The van der Waals surface area contributed by atoms with Crippen molar-refractivity contribution in [3.63, 3.8) is 0 Å². The zero-order valence-corrected chi connectivity index (χ0v) is 42.1. The normalized spacial score (nSPS) is 10.7. The van der Waals surface area contributed by atoms with E-state index in [0.29, 0.717) is 73.4 Å². The molecule has 0 heterocycles. The Labute approximate surface area is 417 Å². The molecule has 0 atom stereocenters. The maximum atomic E-state index is 11.0. The Kier molecular flexibility index (Phi) is 55.8. The summed E-state index contributed by atoms with van der Waals surface area (Å²) in [6, 6.07) is 0. The molecule has 0 N–H and O–H groups in total. The number of thiol groups is 8. The van der Waals surface area contributed by atoms with E-state index < -0.39 is 47.4 Å². The minimum Gasteiger partial charge on any atom is -0.465 e. The summed E-state index contributed by atoms with van der Waals surface area (Å²) < 4.78 is 37.4. The largest absolute Gasteiger partial charge is 0.465 e. The summed E-state index contributed by atoms with van der Waals surface area (Å²) in [6.45, 7) is 1.80. The molecule has 1 aliphatic rings. The Balaban J connectivity index is -0.000000356. The SMILES string of the molecule is O=C(/C=C\C(=O)OCCS)OCCS.O=C(CCC(=O)OCCS)OCCS.O=C(CCCCC(=O)OCCS)OCCS.O=C(CS)OCCOC(=O)CS.O=C1C=CC=CC1=O. The second-order valence-electron chi connectivity index (χ2n) is 10.8. The summed E-state index contributed by atoms with van der Waals surface area (Å²) in [4.78, 5) is 107. The number of esters is 8. The van der Waals surface area contributed by atoms with Gasteiger partial charge in [0.25, 0.3) is 0 Å². The molecule has 0 saturated carbocycles. The van der Waals surface area contributed by atoms with E-state index in [4.69, 9.17) is 18.9 Å². The molecule has 0 unspecified atom stereocenters. The van der Waals surface area contributed by atoms with Crippen molar-refractivity contribution in [3.05, 3.63) is 36.5 Å². The van der Waals surface area contributed by atoms with Crippen molar-refractivity contribution in [2.45, 2.75) is 38.5 Å². The van der Waals surface area contributed by atoms with Gasteiger partial charge in [-0.15, -0.1) is 0 Å². The molecular weight excluding hydrogens is 1000 g/mol. The fourth-order valence-electron chi connectivity index (χ4n) is 3.05. The van der Waals surface area contributed by atoms with Gasteiger partial charge in [-0.1, -0.05) is 12.2 Å². The van der Waals surface area contributed by atoms with Crippen LogP contribution in [0.25, 0.3) is 0 Å². The maximum Gasteiger partial charge on any atom is 0.331 e. The van der Waals surface area contributed by atoms with E-state index in [-0.39, 0.29) is 75.9 Å². The number of hydrogen-bond acceptors (Lipinski definition) is 26. The summed E-state index contributed by atoms with van der Waals surface area (Å²) in [5, 5.41) is 0. The molecule has 0 aliphatic heterocycles. The van der Waals surface area contributed by atoms with E-state index in [0.717, 1.165) is 12.2 Å². The second kappa shape index (κ2) is 52.7. The van der Waals surface area contributed by atoms with E-state index in [2.05, 4.69) is 120 Å². The number of carbonyl (C=O) groups excluding carboxylic acids is 10. The van der Waals surface area contributed by atoms with Crippen LogP contribution < -0.4 is 0 Å². The minimum atomic E-state index is -0.582. The van der Waals surface area contributed by atoms with Crippen LogP contribution in [0, 0.1) is 0 Å². The first-order valence-corrected chi connectivity index (χ1v) is 23.9. The molecule has 1 rings (SSSR count). The molecule has 0 radical (unpaired) electrons. The van der Waals surface area contributed by atoms with Crippen molar-refractivity contribution >= 4 is 160 Å². The molecule has 0 saturated heterocycles. The van der Waals surface area contributed by atoms with Crippen LogP contribution in [0.4, 0.5) is 0 Å². The quantitative estimate of drug-likeness (QED) is 0.0112. The maximum absolute atomic E-state index is 11.0. The molecule has 64 heavy (non-hydrogen) atoms. The molecule has 0 fully saturated rings. The highest BCUT2D eigenvalue weighted by Crippen LogP contribution is 2.03. The van der Waals surface area contributed by atoms with Gasteiger partial charge in [-0.2, -0.15) is 101 Å². The third-order valence-electron chi connectivity index (χ3n) is 5.71. The highest BCUT2D eigenvalue weighted by Gasteiger charge is 2.09. The average Bonchev–Trinajstić information content (AvgIpc) is 3.30. The van der Waals surface area contributed by atoms with E-state index in [1.165, 1.54) is 12.2 Å². The predicted molar refractivity (Wildman–Crippen MR) is 264 cm³/mol. The van der Waals surface area contributed by atoms with Crippen LogP contribution in [0.15, 0.2) is 36.5 Å². The lowest BCUT2D eigenvalue weighted by Gasteiger charge is -2.03. The van der Waals surface area contributed by atoms with Crippen molar-refractivity contribution < 1.29 is 85.8 Å².